The molecule has 2 aromatic carbocycles. The van der Waals surface area contributed by atoms with Gasteiger partial charge in [-0.2, -0.15) is 9.57 Å². The maximum atomic E-state index is 13.0. The number of hydrogen-bond acceptors (Lipinski definition) is 4. The molecule has 2 unspecified atom stereocenters. The number of morpholine rings is 1. The van der Waals surface area contributed by atoms with Gasteiger partial charge in [0.2, 0.25) is 10.0 Å². The van der Waals surface area contributed by atoms with Crippen LogP contribution >= 0.6 is 0 Å². The molecule has 1 fully saturated rings. The highest BCUT2D eigenvalue weighted by atomic mass is 32.2. The Kier molecular flexibility index (Phi) is 4.67. The Balaban J connectivity index is 1.92. The molecule has 0 saturated carbocycles. The second kappa shape index (κ2) is 6.73. The van der Waals surface area contributed by atoms with Gasteiger partial charge in [0.05, 0.1) is 29.2 Å². The molecular formula is C18H18N2O3S. The van der Waals surface area contributed by atoms with E-state index < -0.39 is 10.0 Å². The van der Waals surface area contributed by atoms with Crippen molar-refractivity contribution in [2.45, 2.75) is 24.0 Å². The van der Waals surface area contributed by atoms with Gasteiger partial charge < -0.3 is 4.74 Å². The maximum absolute atomic E-state index is 13.0. The van der Waals surface area contributed by atoms with Crippen molar-refractivity contribution in [3.05, 3.63) is 65.7 Å². The number of benzene rings is 2. The Labute approximate surface area is 142 Å². The molecule has 1 saturated heterocycles. The number of ether oxygens (including phenoxy) is 1. The van der Waals surface area contributed by atoms with Crippen LogP contribution in [0.25, 0.3) is 0 Å². The first kappa shape index (κ1) is 16.7. The lowest BCUT2D eigenvalue weighted by Gasteiger charge is -2.37. The van der Waals surface area contributed by atoms with Crippen molar-refractivity contribution in [2.75, 3.05) is 13.2 Å². The first-order valence-corrected chi connectivity index (χ1v) is 9.15. The molecule has 2 aromatic rings. The van der Waals surface area contributed by atoms with E-state index in [9.17, 15) is 8.42 Å². The Hall–Kier alpha value is -2.20. The molecule has 24 heavy (non-hydrogen) atoms. The molecule has 0 aliphatic carbocycles. The third-order valence-electron chi connectivity index (χ3n) is 4.12. The van der Waals surface area contributed by atoms with Gasteiger partial charge >= 0.3 is 0 Å². The molecule has 1 aliphatic heterocycles. The summed E-state index contributed by atoms with van der Waals surface area (Å²) < 4.78 is 33.3. The van der Waals surface area contributed by atoms with Gasteiger partial charge in [-0.25, -0.2) is 8.42 Å². The number of rotatable bonds is 3. The summed E-state index contributed by atoms with van der Waals surface area (Å²) >= 11 is 0. The minimum Gasteiger partial charge on any atom is -0.370 e. The van der Waals surface area contributed by atoms with Gasteiger partial charge in [0.1, 0.15) is 0 Å². The van der Waals surface area contributed by atoms with Gasteiger partial charge in [0, 0.05) is 12.6 Å². The lowest BCUT2D eigenvalue weighted by molar-refractivity contribution is -0.0288. The molecule has 5 nitrogen and oxygen atoms in total. The van der Waals surface area contributed by atoms with E-state index in [-0.39, 0.29) is 23.6 Å². The smallest absolute Gasteiger partial charge is 0.243 e. The standard InChI is InChI=1S/C18H18N2O3S/c1-14-13-23-18(16-7-3-2-4-8-16)12-20(14)24(21,22)17-9-5-6-15(10-17)11-19/h2-10,14,18H,12-13H2,1H3. The van der Waals surface area contributed by atoms with Crippen LogP contribution in [-0.2, 0) is 14.8 Å². The molecule has 6 heteroatoms. The van der Waals surface area contributed by atoms with Crippen molar-refractivity contribution in [1.29, 1.82) is 5.26 Å². The SMILES string of the molecule is CC1COC(c2ccccc2)CN1S(=O)(=O)c1cccc(C#N)c1. The van der Waals surface area contributed by atoms with E-state index in [1.54, 1.807) is 12.1 Å². The van der Waals surface area contributed by atoms with Crippen LogP contribution in [0.15, 0.2) is 59.5 Å². The zero-order valence-corrected chi connectivity index (χ0v) is 14.1. The number of nitriles is 1. The van der Waals surface area contributed by atoms with Crippen molar-refractivity contribution in [3.63, 3.8) is 0 Å². The second-order valence-corrected chi connectivity index (χ2v) is 7.69. The fraction of sp³-hybridized carbons (Fsp3) is 0.278. The molecule has 0 radical (unpaired) electrons. The van der Waals surface area contributed by atoms with E-state index in [1.165, 1.54) is 16.4 Å². The highest BCUT2D eigenvalue weighted by Crippen LogP contribution is 2.29. The summed E-state index contributed by atoms with van der Waals surface area (Å²) in [5.41, 5.74) is 1.28. The molecule has 124 valence electrons. The first-order valence-electron chi connectivity index (χ1n) is 7.71. The summed E-state index contributed by atoms with van der Waals surface area (Å²) in [6.07, 6.45) is -0.295. The van der Waals surface area contributed by atoms with Crippen LogP contribution in [0.3, 0.4) is 0 Å². The second-order valence-electron chi connectivity index (χ2n) is 5.80. The largest absolute Gasteiger partial charge is 0.370 e. The van der Waals surface area contributed by atoms with Crippen molar-refractivity contribution in [3.8, 4) is 6.07 Å². The van der Waals surface area contributed by atoms with Gasteiger partial charge in [-0.1, -0.05) is 36.4 Å². The predicted octanol–water partition coefficient (Wildman–Crippen LogP) is 2.71. The molecular weight excluding hydrogens is 324 g/mol. The minimum atomic E-state index is -3.68. The molecule has 0 aromatic heterocycles. The number of nitrogens with zero attached hydrogens (tertiary/aromatic N) is 2. The normalized spacial score (nSPS) is 22.0. The molecule has 1 heterocycles. The lowest BCUT2D eigenvalue weighted by Crippen LogP contribution is -2.48. The van der Waals surface area contributed by atoms with E-state index in [0.29, 0.717) is 12.2 Å². The van der Waals surface area contributed by atoms with Crippen molar-refractivity contribution in [2.24, 2.45) is 0 Å². The van der Waals surface area contributed by atoms with Crippen LogP contribution in [0.5, 0.6) is 0 Å². The average molecular weight is 342 g/mol. The topological polar surface area (TPSA) is 70.4 Å². The van der Waals surface area contributed by atoms with Crippen LogP contribution in [-0.4, -0.2) is 31.9 Å². The Morgan fingerprint density at radius 1 is 1.17 bits per heavy atom. The molecule has 0 bridgehead atoms. The predicted molar refractivity (Wildman–Crippen MR) is 89.6 cm³/mol. The van der Waals surface area contributed by atoms with Crippen LogP contribution in [0.2, 0.25) is 0 Å². The third kappa shape index (κ3) is 3.20. The summed E-state index contributed by atoms with van der Waals surface area (Å²) in [7, 11) is -3.68. The van der Waals surface area contributed by atoms with Gasteiger partial charge in [-0.3, -0.25) is 0 Å². The van der Waals surface area contributed by atoms with Crippen LogP contribution in [0.1, 0.15) is 24.2 Å². The Bertz CT molecular complexity index is 859. The molecule has 0 amide bonds. The van der Waals surface area contributed by atoms with E-state index in [1.807, 2.05) is 43.3 Å². The van der Waals surface area contributed by atoms with Crippen molar-refractivity contribution >= 4 is 10.0 Å². The highest BCUT2D eigenvalue weighted by molar-refractivity contribution is 7.89. The lowest BCUT2D eigenvalue weighted by atomic mass is 10.1. The number of sulfonamides is 1. The molecule has 2 atom stereocenters. The van der Waals surface area contributed by atoms with E-state index >= 15 is 0 Å². The highest BCUT2D eigenvalue weighted by Gasteiger charge is 2.36. The van der Waals surface area contributed by atoms with Crippen LogP contribution in [0.4, 0.5) is 0 Å². The fourth-order valence-corrected chi connectivity index (χ4v) is 4.46. The Morgan fingerprint density at radius 2 is 1.92 bits per heavy atom. The monoisotopic (exact) mass is 342 g/mol. The summed E-state index contributed by atoms with van der Waals surface area (Å²) in [4.78, 5) is 0.141. The van der Waals surface area contributed by atoms with Gasteiger partial charge in [0.25, 0.3) is 0 Å². The molecule has 1 aliphatic rings. The average Bonchev–Trinajstić information content (AvgIpc) is 2.62. The summed E-state index contributed by atoms with van der Waals surface area (Å²) in [6.45, 7) is 2.41. The van der Waals surface area contributed by atoms with Gasteiger partial charge in [0.15, 0.2) is 0 Å². The van der Waals surface area contributed by atoms with Gasteiger partial charge in [-0.05, 0) is 30.7 Å². The molecule has 0 spiro atoms. The fourth-order valence-electron chi connectivity index (χ4n) is 2.80. The van der Waals surface area contributed by atoms with E-state index in [0.717, 1.165) is 5.56 Å². The first-order chi connectivity index (χ1) is 11.5. The maximum Gasteiger partial charge on any atom is 0.243 e. The summed E-state index contributed by atoms with van der Waals surface area (Å²) in [5, 5.41) is 9.00. The van der Waals surface area contributed by atoms with Gasteiger partial charge in [-0.15, -0.1) is 0 Å². The zero-order chi connectivity index (χ0) is 17.2. The quantitative estimate of drug-likeness (QED) is 0.860. The van der Waals surface area contributed by atoms with E-state index in [4.69, 9.17) is 10.00 Å². The third-order valence-corrected chi connectivity index (χ3v) is 6.09. The van der Waals surface area contributed by atoms with E-state index in [2.05, 4.69) is 0 Å². The van der Waals surface area contributed by atoms with Crippen LogP contribution < -0.4 is 0 Å². The Morgan fingerprint density at radius 3 is 2.62 bits per heavy atom. The summed E-state index contributed by atoms with van der Waals surface area (Å²) in [6, 6.07) is 17.4. The van der Waals surface area contributed by atoms with Crippen molar-refractivity contribution in [1.82, 2.24) is 4.31 Å². The summed E-state index contributed by atoms with van der Waals surface area (Å²) in [5.74, 6) is 0. The molecule has 0 N–H and O–H groups in total. The minimum absolute atomic E-state index is 0.141. The van der Waals surface area contributed by atoms with Crippen molar-refractivity contribution < 1.29 is 13.2 Å². The van der Waals surface area contributed by atoms with Crippen LogP contribution in [0, 0.1) is 11.3 Å². The molecule has 3 rings (SSSR count). The number of hydrogen-bond donors (Lipinski definition) is 0. The zero-order valence-electron chi connectivity index (χ0n) is 13.3.